The minimum absolute atomic E-state index is 0.249. The molecule has 4 aromatic rings. The summed E-state index contributed by atoms with van der Waals surface area (Å²) in [6.07, 6.45) is 15.7. The third-order valence-electron chi connectivity index (χ3n) is 7.74. The number of aldehydes is 1. The molecule has 6 rings (SSSR count). The van der Waals surface area contributed by atoms with Crippen molar-refractivity contribution in [3.63, 3.8) is 0 Å². The fourth-order valence-corrected chi connectivity index (χ4v) is 5.85. The summed E-state index contributed by atoms with van der Waals surface area (Å²) in [6.45, 7) is 1.97. The van der Waals surface area contributed by atoms with Gasteiger partial charge in [-0.25, -0.2) is 19.9 Å². The molecule has 192 valence electrons. The third-order valence-corrected chi connectivity index (χ3v) is 7.74. The maximum absolute atomic E-state index is 10.8. The Hall–Kier alpha value is -4.53. The zero-order chi connectivity index (χ0) is 26.1. The van der Waals surface area contributed by atoms with Crippen LogP contribution < -0.4 is 10.5 Å². The van der Waals surface area contributed by atoms with E-state index in [1.165, 1.54) is 11.9 Å². The van der Waals surface area contributed by atoms with Crippen molar-refractivity contribution in [3.05, 3.63) is 73.1 Å². The van der Waals surface area contributed by atoms with Crippen molar-refractivity contribution < 1.29 is 9.53 Å². The molecule has 0 unspecified atom stereocenters. The van der Waals surface area contributed by atoms with E-state index >= 15 is 0 Å². The molecule has 38 heavy (non-hydrogen) atoms. The van der Waals surface area contributed by atoms with Crippen molar-refractivity contribution in [1.82, 2.24) is 29.4 Å². The van der Waals surface area contributed by atoms with Gasteiger partial charge in [-0.05, 0) is 66.5 Å². The fourth-order valence-electron chi connectivity index (χ4n) is 5.85. The maximum Gasteiger partial charge on any atom is 0.321 e. The predicted molar refractivity (Wildman–Crippen MR) is 146 cm³/mol. The third kappa shape index (κ3) is 4.30. The van der Waals surface area contributed by atoms with Crippen molar-refractivity contribution in [3.8, 4) is 22.9 Å². The molecule has 1 spiro atoms. The molecule has 1 aliphatic heterocycles. The number of benzene rings is 1. The molecule has 1 atom stereocenters. The number of nitrogens with two attached hydrogens (primary N) is 1. The van der Waals surface area contributed by atoms with Crippen molar-refractivity contribution in [2.45, 2.75) is 25.7 Å². The van der Waals surface area contributed by atoms with Crippen LogP contribution in [0.2, 0.25) is 0 Å². The first-order valence-electron chi connectivity index (χ1n) is 12.8. The van der Waals surface area contributed by atoms with Crippen LogP contribution in [0, 0.1) is 5.41 Å². The van der Waals surface area contributed by atoms with Crippen molar-refractivity contribution in [1.29, 1.82) is 0 Å². The number of hydrogen-bond acceptors (Lipinski definition) is 8. The quantitative estimate of drug-likeness (QED) is 0.293. The Morgan fingerprint density at radius 1 is 1.08 bits per heavy atom. The first-order chi connectivity index (χ1) is 18.6. The Balaban J connectivity index is 1.36. The van der Waals surface area contributed by atoms with Crippen LogP contribution >= 0.6 is 0 Å². The average Bonchev–Trinajstić information content (AvgIpc) is 3.48. The van der Waals surface area contributed by atoms with E-state index < -0.39 is 0 Å². The number of aryl methyl sites for hydroxylation is 1. The van der Waals surface area contributed by atoms with Gasteiger partial charge in [0.25, 0.3) is 0 Å². The molecule has 9 nitrogen and oxygen atoms in total. The molecule has 2 aliphatic rings. The first kappa shape index (κ1) is 23.8. The number of nitrogen functional groups attached to an aromatic ring is 1. The van der Waals surface area contributed by atoms with Gasteiger partial charge in [-0.3, -0.25) is 4.79 Å². The van der Waals surface area contributed by atoms with Gasteiger partial charge in [0.15, 0.2) is 0 Å². The van der Waals surface area contributed by atoms with E-state index in [0.717, 1.165) is 72.9 Å². The highest BCUT2D eigenvalue weighted by Gasteiger charge is 2.39. The van der Waals surface area contributed by atoms with Gasteiger partial charge in [-0.2, -0.15) is 0 Å². The van der Waals surface area contributed by atoms with E-state index in [-0.39, 0.29) is 5.41 Å². The Bertz CT molecular complexity index is 1540. The van der Waals surface area contributed by atoms with Gasteiger partial charge < -0.3 is 19.9 Å². The van der Waals surface area contributed by atoms with Crippen LogP contribution in [0.4, 0.5) is 5.82 Å². The van der Waals surface area contributed by atoms with E-state index in [1.807, 2.05) is 37.5 Å². The second-order valence-corrected chi connectivity index (χ2v) is 10.0. The van der Waals surface area contributed by atoms with Crippen LogP contribution in [0.25, 0.3) is 27.7 Å². The Kier molecular flexibility index (Phi) is 6.11. The fraction of sp³-hybridized carbons (Fsp3) is 0.276. The highest BCUT2D eigenvalue weighted by Crippen LogP contribution is 2.48. The number of aromatic nitrogens is 5. The number of allylic oxidation sites excluding steroid dienone is 3. The van der Waals surface area contributed by atoms with E-state index in [0.29, 0.717) is 17.6 Å². The molecular weight excluding hydrogens is 478 g/mol. The van der Waals surface area contributed by atoms with Gasteiger partial charge in [0.1, 0.15) is 29.8 Å². The second kappa shape index (κ2) is 9.74. The lowest BCUT2D eigenvalue weighted by atomic mass is 9.73. The van der Waals surface area contributed by atoms with E-state index in [4.69, 9.17) is 10.5 Å². The van der Waals surface area contributed by atoms with E-state index in [1.54, 1.807) is 24.5 Å². The lowest BCUT2D eigenvalue weighted by Gasteiger charge is -2.33. The van der Waals surface area contributed by atoms with Gasteiger partial charge in [0.05, 0.1) is 11.1 Å². The number of likely N-dealkylation sites (tertiary alicyclic amines) is 1. The van der Waals surface area contributed by atoms with Crippen molar-refractivity contribution in [2.24, 2.45) is 12.5 Å². The molecule has 0 amide bonds. The summed E-state index contributed by atoms with van der Waals surface area (Å²) in [5.41, 5.74) is 12.0. The number of hydrogen-bond donors (Lipinski definition) is 1. The molecule has 0 bridgehead atoms. The van der Waals surface area contributed by atoms with Crippen LogP contribution in [0.1, 0.15) is 31.4 Å². The number of carbonyl (C=O) groups excluding carboxylic acids is 1. The van der Waals surface area contributed by atoms with Gasteiger partial charge in [-0.15, -0.1) is 0 Å². The number of rotatable bonds is 6. The van der Waals surface area contributed by atoms with Crippen LogP contribution in [0.15, 0.2) is 67.4 Å². The molecule has 0 radical (unpaired) electrons. The lowest BCUT2D eigenvalue weighted by molar-refractivity contribution is -0.104. The minimum Gasteiger partial charge on any atom is -0.424 e. The molecule has 1 aromatic carbocycles. The summed E-state index contributed by atoms with van der Waals surface area (Å²) in [4.78, 5) is 30.2. The number of nitrogens with zero attached hydrogens (tertiary/aromatic N) is 6. The molecule has 9 heteroatoms. The summed E-state index contributed by atoms with van der Waals surface area (Å²) in [7, 11) is 2.05. The molecule has 1 saturated heterocycles. The highest BCUT2D eigenvalue weighted by atomic mass is 16.5. The maximum atomic E-state index is 10.8. The van der Waals surface area contributed by atoms with Gasteiger partial charge in [0.2, 0.25) is 0 Å². The van der Waals surface area contributed by atoms with Crippen LogP contribution in [-0.4, -0.2) is 48.8 Å². The Morgan fingerprint density at radius 2 is 1.89 bits per heavy atom. The van der Waals surface area contributed by atoms with E-state index in [2.05, 4.69) is 35.5 Å². The Morgan fingerprint density at radius 3 is 2.63 bits per heavy atom. The molecule has 2 N–H and O–H groups in total. The zero-order valence-electron chi connectivity index (χ0n) is 21.2. The summed E-state index contributed by atoms with van der Waals surface area (Å²) in [6, 6.07) is 9.94. The lowest BCUT2D eigenvalue weighted by Crippen LogP contribution is -2.26. The number of anilines is 1. The average molecular weight is 508 g/mol. The second-order valence-electron chi connectivity index (χ2n) is 10.0. The zero-order valence-corrected chi connectivity index (χ0v) is 21.2. The summed E-state index contributed by atoms with van der Waals surface area (Å²) in [5.74, 6) is 1.12. The van der Waals surface area contributed by atoms with Crippen LogP contribution in [-0.2, 0) is 11.8 Å². The van der Waals surface area contributed by atoms with Crippen LogP contribution in [0.5, 0.6) is 11.8 Å². The highest BCUT2D eigenvalue weighted by molar-refractivity contribution is 6.06. The normalized spacial score (nSPS) is 19.4. The summed E-state index contributed by atoms with van der Waals surface area (Å²) >= 11 is 0. The number of ether oxygens (including phenoxy) is 1. The minimum atomic E-state index is 0.249. The largest absolute Gasteiger partial charge is 0.424 e. The molecule has 1 fully saturated rings. The Labute approximate surface area is 220 Å². The summed E-state index contributed by atoms with van der Waals surface area (Å²) < 4.78 is 7.94. The topological polar surface area (TPSA) is 112 Å². The number of fused-ring (bicyclic) bond motifs is 1. The molecule has 0 saturated carbocycles. The standard InChI is InChI=1S/C29H29N7O2/c1-35-25(21-8-10-29(11-9-21)12-16-36(18-29)15-3-17-37)23(24-26(30)33-19-34-27(24)35)20-4-6-22(7-5-20)38-28-31-13-2-14-32-28/h2-8,13-15,17,19H,9-12,16,18H2,1H3,(H2,30,33,34)/t29-/m1/s1. The first-order valence-corrected chi connectivity index (χ1v) is 12.8. The number of carbonyl (C=O) groups is 1. The van der Waals surface area contributed by atoms with Crippen LogP contribution in [0.3, 0.4) is 0 Å². The molecule has 3 aromatic heterocycles. The SMILES string of the molecule is Cn1c(C2=CC[C@@]3(CC2)CCN(C=CC=O)C3)c(-c2ccc(Oc3ncccn3)cc2)c2c(N)ncnc21. The van der Waals surface area contributed by atoms with Gasteiger partial charge in [0, 0.05) is 44.3 Å². The van der Waals surface area contributed by atoms with Gasteiger partial charge in [-0.1, -0.05) is 18.2 Å². The molecule has 1 aliphatic carbocycles. The monoisotopic (exact) mass is 507 g/mol. The molecular formula is C29H29N7O2. The van der Waals surface area contributed by atoms with Gasteiger partial charge >= 0.3 is 6.01 Å². The summed E-state index contributed by atoms with van der Waals surface area (Å²) in [5, 5.41) is 0.859. The predicted octanol–water partition coefficient (Wildman–Crippen LogP) is 4.77. The molecule has 4 heterocycles. The van der Waals surface area contributed by atoms with E-state index in [9.17, 15) is 4.79 Å². The smallest absolute Gasteiger partial charge is 0.321 e. The van der Waals surface area contributed by atoms with Crippen molar-refractivity contribution >= 4 is 28.7 Å². The van der Waals surface area contributed by atoms with Crippen molar-refractivity contribution in [2.75, 3.05) is 18.8 Å².